The summed E-state index contributed by atoms with van der Waals surface area (Å²) in [5.74, 6) is 0. The minimum atomic E-state index is -0.429. The molecule has 0 amide bonds. The first-order valence-corrected chi connectivity index (χ1v) is 13.8. The largest absolute Gasteiger partial charge is 0.394 e. The van der Waals surface area contributed by atoms with Crippen molar-refractivity contribution in [2.45, 2.75) is 51.0 Å². The Hall–Kier alpha value is -3.58. The number of ether oxygens (including phenoxy) is 1. The number of hydrogen-bond acceptors (Lipinski definition) is 6. The topological polar surface area (TPSA) is 67.2 Å². The maximum absolute atomic E-state index is 9.72. The van der Waals surface area contributed by atoms with Gasteiger partial charge in [-0.2, -0.15) is 0 Å². The molecule has 1 N–H and O–H groups in total. The van der Waals surface area contributed by atoms with Gasteiger partial charge in [0, 0.05) is 49.3 Å². The van der Waals surface area contributed by atoms with Crippen molar-refractivity contribution in [3.05, 3.63) is 103 Å². The number of aliphatic hydroxyl groups is 1. The molecule has 202 valence electrons. The lowest BCUT2D eigenvalue weighted by atomic mass is 9.94. The number of hydrogen-bond donors (Lipinski definition) is 1. The number of aliphatic hydroxyl groups excluding tert-OH is 1. The van der Waals surface area contributed by atoms with E-state index in [1.165, 1.54) is 22.4 Å². The maximum atomic E-state index is 9.72. The lowest BCUT2D eigenvalue weighted by Crippen LogP contribution is -2.38. The molecule has 39 heavy (non-hydrogen) atoms. The van der Waals surface area contributed by atoms with Gasteiger partial charge in [-0.15, -0.1) is 6.58 Å². The third-order valence-corrected chi connectivity index (χ3v) is 7.31. The molecule has 0 saturated carbocycles. The van der Waals surface area contributed by atoms with Gasteiger partial charge in [0.05, 0.1) is 24.1 Å². The first-order valence-electron chi connectivity index (χ1n) is 13.8. The lowest BCUT2D eigenvalue weighted by molar-refractivity contribution is -0.100. The highest BCUT2D eigenvalue weighted by molar-refractivity contribution is 5.82. The highest BCUT2D eigenvalue weighted by Crippen LogP contribution is 2.34. The Morgan fingerprint density at radius 2 is 1.87 bits per heavy atom. The molecule has 3 atom stereocenters. The molecule has 0 bridgehead atoms. The molecule has 6 nitrogen and oxygen atoms in total. The van der Waals surface area contributed by atoms with Gasteiger partial charge < -0.3 is 14.7 Å². The van der Waals surface area contributed by atoms with E-state index in [4.69, 9.17) is 14.6 Å². The smallest absolute Gasteiger partial charge is 0.174 e. The van der Waals surface area contributed by atoms with E-state index in [1.54, 1.807) is 0 Å². The summed E-state index contributed by atoms with van der Waals surface area (Å²) in [6, 6.07) is 23.3. The molecule has 3 heterocycles. The summed E-state index contributed by atoms with van der Waals surface area (Å²) in [7, 11) is 0. The van der Waals surface area contributed by atoms with Crippen molar-refractivity contribution < 1.29 is 14.7 Å². The lowest BCUT2D eigenvalue weighted by Gasteiger charge is -2.30. The van der Waals surface area contributed by atoms with E-state index in [0.29, 0.717) is 6.42 Å². The van der Waals surface area contributed by atoms with Gasteiger partial charge in [0.15, 0.2) is 6.10 Å². The third kappa shape index (κ3) is 6.71. The molecule has 0 fully saturated rings. The molecule has 0 saturated heterocycles. The predicted octanol–water partition coefficient (Wildman–Crippen LogP) is 5.82. The monoisotopic (exact) mass is 523 g/mol. The standard InChI is InChI=1S/C33H37N3O3/c1-3-10-28-15-16-31(32(23-37)38-28)39-35-24(2)17-19-36-20-18-30-27(22-36)21-29(25-11-6-4-7-12-25)33(34-30)26-13-8-5-9-14-26/h3-9,11-16,21,28,31-32,37H,1,10,17-20,22-23H2,2H3/b35-24+/t28-,31+,32-/m1/s1. The van der Waals surface area contributed by atoms with E-state index in [0.717, 1.165) is 49.4 Å². The van der Waals surface area contributed by atoms with E-state index in [9.17, 15) is 5.11 Å². The molecule has 0 spiro atoms. The minimum Gasteiger partial charge on any atom is -0.394 e. The average Bonchev–Trinajstić information content (AvgIpc) is 2.99. The van der Waals surface area contributed by atoms with Crippen LogP contribution in [0.5, 0.6) is 0 Å². The Balaban J connectivity index is 1.25. The van der Waals surface area contributed by atoms with Crippen LogP contribution < -0.4 is 0 Å². The van der Waals surface area contributed by atoms with Gasteiger partial charge in [0.25, 0.3) is 0 Å². The number of rotatable bonds is 10. The van der Waals surface area contributed by atoms with Crippen molar-refractivity contribution in [2.75, 3.05) is 19.7 Å². The van der Waals surface area contributed by atoms with Crippen LogP contribution in [0.3, 0.4) is 0 Å². The van der Waals surface area contributed by atoms with Crippen molar-refractivity contribution in [1.29, 1.82) is 0 Å². The van der Waals surface area contributed by atoms with Crippen LogP contribution in [0.4, 0.5) is 0 Å². The van der Waals surface area contributed by atoms with Crippen LogP contribution in [0, 0.1) is 0 Å². The molecule has 2 aromatic carbocycles. The Morgan fingerprint density at radius 3 is 2.59 bits per heavy atom. The number of nitrogens with zero attached hydrogens (tertiary/aromatic N) is 3. The zero-order valence-corrected chi connectivity index (χ0v) is 22.6. The normalized spacial score (nSPS) is 21.4. The van der Waals surface area contributed by atoms with Crippen molar-refractivity contribution >= 4 is 5.71 Å². The van der Waals surface area contributed by atoms with Crippen molar-refractivity contribution in [1.82, 2.24) is 9.88 Å². The molecule has 1 aromatic heterocycles. The van der Waals surface area contributed by atoms with Crippen molar-refractivity contribution in [3.8, 4) is 22.4 Å². The molecular weight excluding hydrogens is 486 g/mol. The average molecular weight is 524 g/mol. The fourth-order valence-corrected chi connectivity index (χ4v) is 5.14. The molecule has 2 aliphatic rings. The molecule has 6 heteroatoms. The number of benzene rings is 2. The van der Waals surface area contributed by atoms with E-state index < -0.39 is 12.2 Å². The van der Waals surface area contributed by atoms with Gasteiger partial charge in [0.1, 0.15) is 6.10 Å². The Bertz CT molecular complexity index is 1310. The van der Waals surface area contributed by atoms with E-state index >= 15 is 0 Å². The van der Waals surface area contributed by atoms with Crippen molar-refractivity contribution in [2.24, 2.45) is 5.16 Å². The van der Waals surface area contributed by atoms with E-state index in [2.05, 4.69) is 71.2 Å². The predicted molar refractivity (Wildman–Crippen MR) is 156 cm³/mol. The highest BCUT2D eigenvalue weighted by atomic mass is 16.7. The summed E-state index contributed by atoms with van der Waals surface area (Å²) in [5, 5.41) is 14.1. The second-order valence-corrected chi connectivity index (χ2v) is 10.2. The summed E-state index contributed by atoms with van der Waals surface area (Å²) in [6.45, 7) is 8.34. The van der Waals surface area contributed by atoms with Crippen LogP contribution in [0.1, 0.15) is 31.0 Å². The summed E-state index contributed by atoms with van der Waals surface area (Å²) in [4.78, 5) is 13.4. The summed E-state index contributed by atoms with van der Waals surface area (Å²) in [5.41, 5.74) is 7.94. The van der Waals surface area contributed by atoms with Gasteiger partial charge in [-0.3, -0.25) is 9.88 Å². The van der Waals surface area contributed by atoms with Crippen LogP contribution >= 0.6 is 0 Å². The van der Waals surface area contributed by atoms with Gasteiger partial charge >= 0.3 is 0 Å². The molecule has 0 unspecified atom stereocenters. The quantitative estimate of drug-likeness (QED) is 0.206. The first-order chi connectivity index (χ1) is 19.1. The molecule has 2 aliphatic heterocycles. The Kier molecular flexibility index (Phi) is 8.99. The fraction of sp³-hybridized carbons (Fsp3) is 0.333. The van der Waals surface area contributed by atoms with Crippen LogP contribution in [-0.4, -0.2) is 58.7 Å². The minimum absolute atomic E-state index is 0.0766. The van der Waals surface area contributed by atoms with Crippen LogP contribution in [0.25, 0.3) is 22.4 Å². The molecule has 5 rings (SSSR count). The highest BCUT2D eigenvalue weighted by Gasteiger charge is 2.28. The fourth-order valence-electron chi connectivity index (χ4n) is 5.14. The SMILES string of the molecule is C=CC[C@@H]1C=C[C@H](O/N=C(\C)CCN2CCc3nc(-c4ccccc4)c(-c4ccccc4)cc3C2)[C@@H](CO)O1. The third-order valence-electron chi connectivity index (χ3n) is 7.31. The van der Waals surface area contributed by atoms with Crippen LogP contribution in [0.15, 0.2) is 96.7 Å². The zero-order valence-electron chi connectivity index (χ0n) is 22.6. The first kappa shape index (κ1) is 27.0. The van der Waals surface area contributed by atoms with Crippen LogP contribution in [0.2, 0.25) is 0 Å². The Morgan fingerprint density at radius 1 is 1.13 bits per heavy atom. The van der Waals surface area contributed by atoms with E-state index in [-0.39, 0.29) is 12.7 Å². The second-order valence-electron chi connectivity index (χ2n) is 10.2. The number of oxime groups is 1. The number of pyridine rings is 1. The second kappa shape index (κ2) is 13.0. The van der Waals surface area contributed by atoms with Gasteiger partial charge in [0.2, 0.25) is 0 Å². The van der Waals surface area contributed by atoms with E-state index in [1.807, 2.05) is 37.3 Å². The van der Waals surface area contributed by atoms with Gasteiger partial charge in [-0.25, -0.2) is 0 Å². The number of fused-ring (bicyclic) bond motifs is 1. The zero-order chi connectivity index (χ0) is 27.0. The van der Waals surface area contributed by atoms with Crippen molar-refractivity contribution in [3.63, 3.8) is 0 Å². The summed E-state index contributed by atoms with van der Waals surface area (Å²) in [6.07, 6.45) is 7.22. The molecular formula is C33H37N3O3. The molecule has 0 radical (unpaired) electrons. The molecule has 3 aromatic rings. The summed E-state index contributed by atoms with van der Waals surface area (Å²) < 4.78 is 5.87. The number of aromatic nitrogens is 1. The van der Waals surface area contributed by atoms with Gasteiger partial charge in [-0.05, 0) is 36.6 Å². The van der Waals surface area contributed by atoms with Crippen LogP contribution in [-0.2, 0) is 22.5 Å². The summed E-state index contributed by atoms with van der Waals surface area (Å²) >= 11 is 0. The molecule has 0 aliphatic carbocycles. The Labute approximate surface area is 231 Å². The van der Waals surface area contributed by atoms with Gasteiger partial charge in [-0.1, -0.05) is 78.0 Å². The maximum Gasteiger partial charge on any atom is 0.174 e.